The van der Waals surface area contributed by atoms with Gasteiger partial charge in [0, 0.05) is 6.54 Å². The second kappa shape index (κ2) is 8.32. The minimum absolute atomic E-state index is 0.00431. The van der Waals surface area contributed by atoms with Crippen LogP contribution in [0.5, 0.6) is 5.75 Å². The molecule has 0 aliphatic rings. The zero-order chi connectivity index (χ0) is 15.1. The first kappa shape index (κ1) is 17.0. The van der Waals surface area contributed by atoms with Crippen LogP contribution in [0.4, 0.5) is 0 Å². The van der Waals surface area contributed by atoms with Gasteiger partial charge in [-0.15, -0.1) is 0 Å². The number of hydrogen-bond donors (Lipinski definition) is 2. The average Bonchev–Trinajstić information content (AvgIpc) is 2.43. The summed E-state index contributed by atoms with van der Waals surface area (Å²) in [5, 5.41) is 13.3. The lowest BCUT2D eigenvalue weighted by molar-refractivity contribution is -0.142. The molecule has 7 heteroatoms. The number of methoxy groups -OCH3 is 1. The van der Waals surface area contributed by atoms with Crippen molar-refractivity contribution < 1.29 is 19.4 Å². The molecule has 0 heterocycles. The fourth-order valence-corrected chi connectivity index (χ4v) is 1.94. The van der Waals surface area contributed by atoms with Gasteiger partial charge in [0.1, 0.15) is 18.8 Å². The van der Waals surface area contributed by atoms with Crippen LogP contribution in [-0.4, -0.2) is 43.5 Å². The van der Waals surface area contributed by atoms with E-state index in [0.29, 0.717) is 15.8 Å². The molecular weight excluding hydrogens is 305 g/mol. The Morgan fingerprint density at radius 2 is 2.00 bits per heavy atom. The van der Waals surface area contributed by atoms with E-state index in [9.17, 15) is 9.90 Å². The Morgan fingerprint density at radius 1 is 1.40 bits per heavy atom. The molecule has 0 spiro atoms. The highest BCUT2D eigenvalue weighted by atomic mass is 35.5. The molecule has 5 nitrogen and oxygen atoms in total. The Labute approximate surface area is 127 Å². The molecule has 1 aromatic carbocycles. The summed E-state index contributed by atoms with van der Waals surface area (Å²) in [6.07, 6.45) is -0.811. The molecule has 1 rings (SSSR count). The highest BCUT2D eigenvalue weighted by Gasteiger charge is 2.15. The lowest BCUT2D eigenvalue weighted by Gasteiger charge is -2.17. The smallest absolute Gasteiger partial charge is 0.322 e. The highest BCUT2D eigenvalue weighted by molar-refractivity contribution is 6.37. The van der Waals surface area contributed by atoms with Gasteiger partial charge < -0.3 is 19.9 Å². The molecule has 20 heavy (non-hydrogen) atoms. The van der Waals surface area contributed by atoms with Crippen molar-refractivity contribution in [2.24, 2.45) is 0 Å². The number of aliphatic hydroxyl groups excluding tert-OH is 1. The molecule has 2 N–H and O–H groups in total. The molecule has 0 saturated carbocycles. The van der Waals surface area contributed by atoms with Gasteiger partial charge in [-0.25, -0.2) is 0 Å². The fourth-order valence-electron chi connectivity index (χ4n) is 1.43. The fraction of sp³-hybridized carbons (Fsp3) is 0.462. The maximum atomic E-state index is 11.2. The van der Waals surface area contributed by atoms with Gasteiger partial charge in [-0.05, 0) is 19.1 Å². The molecule has 0 aliphatic heterocycles. The number of rotatable bonds is 7. The van der Waals surface area contributed by atoms with Gasteiger partial charge in [-0.1, -0.05) is 29.3 Å². The van der Waals surface area contributed by atoms with Gasteiger partial charge in [-0.2, -0.15) is 0 Å². The van der Waals surface area contributed by atoms with E-state index in [0.717, 1.165) is 0 Å². The van der Waals surface area contributed by atoms with E-state index in [1.165, 1.54) is 7.11 Å². The topological polar surface area (TPSA) is 67.8 Å². The van der Waals surface area contributed by atoms with E-state index in [1.54, 1.807) is 25.1 Å². The number of ether oxygens (including phenoxy) is 2. The molecule has 0 aromatic heterocycles. The molecule has 0 amide bonds. The summed E-state index contributed by atoms with van der Waals surface area (Å²) in [7, 11) is 1.31. The van der Waals surface area contributed by atoms with E-state index in [4.69, 9.17) is 27.9 Å². The molecule has 0 aliphatic carbocycles. The molecule has 0 saturated heterocycles. The summed E-state index contributed by atoms with van der Waals surface area (Å²) in [5.41, 5.74) is 0. The highest BCUT2D eigenvalue weighted by Crippen LogP contribution is 2.32. The summed E-state index contributed by atoms with van der Waals surface area (Å²) >= 11 is 11.9. The summed E-state index contributed by atoms with van der Waals surface area (Å²) < 4.78 is 9.93. The van der Waals surface area contributed by atoms with Gasteiger partial charge in [0.25, 0.3) is 0 Å². The van der Waals surface area contributed by atoms with Crippen molar-refractivity contribution >= 4 is 29.2 Å². The van der Waals surface area contributed by atoms with Gasteiger partial charge in [-0.3, -0.25) is 4.79 Å². The number of carbonyl (C=O) groups excluding carboxylic acids is 1. The third-order valence-corrected chi connectivity index (χ3v) is 3.15. The molecule has 0 bridgehead atoms. The predicted octanol–water partition coefficient (Wildman–Crippen LogP) is 1.88. The van der Waals surface area contributed by atoms with E-state index in [2.05, 4.69) is 10.1 Å². The second-order valence-electron chi connectivity index (χ2n) is 4.17. The van der Waals surface area contributed by atoms with Gasteiger partial charge in [0.05, 0.1) is 17.2 Å². The zero-order valence-corrected chi connectivity index (χ0v) is 12.7. The normalized spacial score (nSPS) is 13.7. The lowest BCUT2D eigenvalue weighted by Crippen LogP contribution is -2.41. The van der Waals surface area contributed by atoms with Crippen LogP contribution in [0, 0.1) is 0 Å². The lowest BCUT2D eigenvalue weighted by atomic mass is 10.3. The van der Waals surface area contributed by atoms with Crippen LogP contribution in [-0.2, 0) is 9.53 Å². The Bertz CT molecular complexity index is 436. The van der Waals surface area contributed by atoms with Crippen LogP contribution in [0.15, 0.2) is 18.2 Å². The average molecular weight is 322 g/mol. The van der Waals surface area contributed by atoms with Gasteiger partial charge in [0.15, 0.2) is 5.75 Å². The molecule has 0 radical (unpaired) electrons. The maximum Gasteiger partial charge on any atom is 0.322 e. The summed E-state index contributed by atoms with van der Waals surface area (Å²) in [4.78, 5) is 11.2. The number of hydrogen-bond acceptors (Lipinski definition) is 5. The monoisotopic (exact) mass is 321 g/mol. The Hall–Kier alpha value is -1.01. The Kier molecular flexibility index (Phi) is 7.09. The van der Waals surface area contributed by atoms with Crippen molar-refractivity contribution in [2.45, 2.75) is 19.1 Å². The van der Waals surface area contributed by atoms with Crippen LogP contribution in [0.1, 0.15) is 6.92 Å². The molecule has 0 fully saturated rings. The third-order valence-electron chi connectivity index (χ3n) is 2.55. The zero-order valence-electron chi connectivity index (χ0n) is 11.2. The van der Waals surface area contributed by atoms with E-state index in [-0.39, 0.29) is 13.2 Å². The number of para-hydroxylation sites is 1. The van der Waals surface area contributed by atoms with Crippen LogP contribution < -0.4 is 10.1 Å². The third kappa shape index (κ3) is 5.17. The molecule has 1 aromatic rings. The van der Waals surface area contributed by atoms with Crippen molar-refractivity contribution in [1.82, 2.24) is 5.32 Å². The van der Waals surface area contributed by atoms with Crippen LogP contribution in [0.2, 0.25) is 10.0 Å². The van der Waals surface area contributed by atoms with Crippen molar-refractivity contribution in [2.75, 3.05) is 20.3 Å². The summed E-state index contributed by atoms with van der Waals surface area (Å²) in [6.45, 7) is 1.83. The Morgan fingerprint density at radius 3 is 2.55 bits per heavy atom. The van der Waals surface area contributed by atoms with Crippen LogP contribution in [0.25, 0.3) is 0 Å². The number of benzene rings is 1. The van der Waals surface area contributed by atoms with Crippen LogP contribution in [0.3, 0.4) is 0 Å². The first-order valence-electron chi connectivity index (χ1n) is 6.01. The van der Waals surface area contributed by atoms with Crippen molar-refractivity contribution in [1.29, 1.82) is 0 Å². The number of nitrogens with one attached hydrogen (secondary N) is 1. The molecule has 112 valence electrons. The molecule has 2 atom stereocenters. The van der Waals surface area contributed by atoms with Crippen molar-refractivity contribution in [3.8, 4) is 5.75 Å². The van der Waals surface area contributed by atoms with Crippen molar-refractivity contribution in [3.63, 3.8) is 0 Å². The minimum atomic E-state index is -0.811. The van der Waals surface area contributed by atoms with Gasteiger partial charge >= 0.3 is 5.97 Å². The van der Waals surface area contributed by atoms with Crippen LogP contribution >= 0.6 is 23.2 Å². The quantitative estimate of drug-likeness (QED) is 0.750. The number of halogens is 2. The van der Waals surface area contributed by atoms with Crippen molar-refractivity contribution in [3.05, 3.63) is 28.2 Å². The predicted molar refractivity (Wildman–Crippen MR) is 77.4 cm³/mol. The number of esters is 1. The van der Waals surface area contributed by atoms with E-state index >= 15 is 0 Å². The first-order chi connectivity index (χ1) is 9.45. The van der Waals surface area contributed by atoms with E-state index in [1.807, 2.05) is 0 Å². The summed E-state index contributed by atoms with van der Waals surface area (Å²) in [6, 6.07) is 4.49. The molecule has 2 unspecified atom stereocenters. The minimum Gasteiger partial charge on any atom is -0.488 e. The number of aliphatic hydroxyl groups is 1. The SMILES string of the molecule is COC(=O)C(C)NCC(O)COc1c(Cl)cccc1Cl. The largest absolute Gasteiger partial charge is 0.488 e. The second-order valence-corrected chi connectivity index (χ2v) is 4.98. The number of carbonyl (C=O) groups is 1. The maximum absolute atomic E-state index is 11.2. The molecular formula is C13H17Cl2NO4. The van der Waals surface area contributed by atoms with E-state index < -0.39 is 18.1 Å². The standard InChI is InChI=1S/C13H17Cl2NO4/c1-8(13(18)19-2)16-6-9(17)7-20-12-10(14)4-3-5-11(12)15/h3-5,8-9,16-17H,6-7H2,1-2H3. The van der Waals surface area contributed by atoms with Gasteiger partial charge in [0.2, 0.25) is 0 Å². The summed E-state index contributed by atoms with van der Waals surface area (Å²) in [5.74, 6) is -0.0665. The first-order valence-corrected chi connectivity index (χ1v) is 6.77. The Balaban J connectivity index is 2.40.